The second-order valence-corrected chi connectivity index (χ2v) is 6.54. The second kappa shape index (κ2) is 11.4. The zero-order valence-electron chi connectivity index (χ0n) is 16.6. The van der Waals surface area contributed by atoms with Crippen LogP contribution in [-0.2, 0) is 0 Å². The van der Waals surface area contributed by atoms with E-state index < -0.39 is 34.6 Å². The smallest absolute Gasteiger partial charge is 0.274 e. The zero-order valence-corrected chi connectivity index (χ0v) is 17.4. The molecule has 3 aromatic rings. The van der Waals surface area contributed by atoms with E-state index in [0.29, 0.717) is 0 Å². The van der Waals surface area contributed by atoms with Crippen molar-refractivity contribution in [3.63, 3.8) is 0 Å². The third-order valence-electron chi connectivity index (χ3n) is 4.37. The molecule has 2 heterocycles. The molecule has 0 spiro atoms. The van der Waals surface area contributed by atoms with Crippen LogP contribution in [0.3, 0.4) is 0 Å². The average Bonchev–Trinajstić information content (AvgIpc) is 2.76. The van der Waals surface area contributed by atoms with Gasteiger partial charge in [-0.1, -0.05) is 6.07 Å². The van der Waals surface area contributed by atoms with Crippen molar-refractivity contribution in [1.82, 2.24) is 9.97 Å². The number of nitrogens with one attached hydrogen (secondary N) is 1. The van der Waals surface area contributed by atoms with Gasteiger partial charge in [-0.3, -0.25) is 9.78 Å². The number of aliphatic hydroxyl groups is 1. The lowest BCUT2D eigenvalue weighted by Gasteiger charge is -2.16. The number of hydrogen-bond acceptors (Lipinski definition) is 6. The molecular formula is C21H20ClF3N4O3. The van der Waals surface area contributed by atoms with E-state index in [2.05, 4.69) is 15.3 Å². The van der Waals surface area contributed by atoms with Gasteiger partial charge in [-0.25, -0.2) is 18.2 Å². The van der Waals surface area contributed by atoms with Crippen LogP contribution in [0.1, 0.15) is 10.5 Å². The van der Waals surface area contributed by atoms with Crippen LogP contribution in [-0.4, -0.2) is 40.7 Å². The van der Waals surface area contributed by atoms with Crippen molar-refractivity contribution in [3.05, 3.63) is 71.9 Å². The van der Waals surface area contributed by atoms with E-state index in [-0.39, 0.29) is 55.2 Å². The van der Waals surface area contributed by atoms with Crippen molar-refractivity contribution in [1.29, 1.82) is 0 Å². The van der Waals surface area contributed by atoms with Crippen LogP contribution in [0, 0.1) is 23.4 Å². The summed E-state index contributed by atoms with van der Waals surface area (Å²) >= 11 is 0. The van der Waals surface area contributed by atoms with Gasteiger partial charge in [0.05, 0.1) is 25.0 Å². The highest BCUT2D eigenvalue weighted by atomic mass is 35.5. The van der Waals surface area contributed by atoms with Crippen LogP contribution in [0.15, 0.2) is 48.8 Å². The van der Waals surface area contributed by atoms with Crippen LogP contribution >= 0.6 is 12.4 Å². The first-order valence-corrected chi connectivity index (χ1v) is 9.24. The summed E-state index contributed by atoms with van der Waals surface area (Å²) in [5, 5.41) is 11.7. The van der Waals surface area contributed by atoms with Crippen LogP contribution in [0.5, 0.6) is 5.75 Å². The Hall–Kier alpha value is -3.21. The molecule has 4 N–H and O–H groups in total. The minimum absolute atomic E-state index is 0. The van der Waals surface area contributed by atoms with Crippen LogP contribution in [0.4, 0.5) is 18.9 Å². The van der Waals surface area contributed by atoms with Gasteiger partial charge in [0.1, 0.15) is 40.3 Å². The molecule has 0 radical (unpaired) electrons. The lowest BCUT2D eigenvalue weighted by molar-refractivity contribution is 0.102. The second-order valence-electron chi connectivity index (χ2n) is 6.54. The number of carbonyl (C=O) groups excluding carboxylic acids is 1. The summed E-state index contributed by atoms with van der Waals surface area (Å²) < 4.78 is 47.9. The molecule has 2 aromatic heterocycles. The number of aliphatic hydroxyl groups excluding tert-OH is 1. The fourth-order valence-corrected chi connectivity index (χ4v) is 2.66. The quantitative estimate of drug-likeness (QED) is 0.468. The maximum Gasteiger partial charge on any atom is 0.274 e. The molecule has 0 fully saturated rings. The largest absolute Gasteiger partial charge is 0.491 e. The summed E-state index contributed by atoms with van der Waals surface area (Å²) in [5.41, 5.74) is 4.14. The first-order chi connectivity index (χ1) is 14.9. The van der Waals surface area contributed by atoms with E-state index in [1.165, 1.54) is 18.5 Å². The van der Waals surface area contributed by atoms with Crippen LogP contribution in [0.25, 0.3) is 11.3 Å². The minimum atomic E-state index is -1.01. The number of ether oxygens (including phenoxy) is 1. The van der Waals surface area contributed by atoms with E-state index in [9.17, 15) is 23.1 Å². The normalized spacial score (nSPS) is 11.4. The van der Waals surface area contributed by atoms with Gasteiger partial charge in [0.15, 0.2) is 0 Å². The number of pyridine rings is 2. The summed E-state index contributed by atoms with van der Waals surface area (Å²) in [5.74, 6) is -3.81. The number of aromatic nitrogens is 2. The summed E-state index contributed by atoms with van der Waals surface area (Å²) in [6, 6.07) is 6.55. The number of hydrogen-bond donors (Lipinski definition) is 3. The van der Waals surface area contributed by atoms with Gasteiger partial charge in [0.2, 0.25) is 0 Å². The molecule has 32 heavy (non-hydrogen) atoms. The number of amides is 1. The van der Waals surface area contributed by atoms with Crippen LogP contribution < -0.4 is 15.8 Å². The number of halogens is 4. The fourth-order valence-electron chi connectivity index (χ4n) is 2.66. The van der Waals surface area contributed by atoms with E-state index in [1.807, 2.05) is 0 Å². The van der Waals surface area contributed by atoms with E-state index >= 15 is 0 Å². The monoisotopic (exact) mass is 468 g/mol. The molecule has 0 aliphatic heterocycles. The Morgan fingerprint density at radius 1 is 1.12 bits per heavy atom. The molecule has 0 aliphatic carbocycles. The third-order valence-corrected chi connectivity index (χ3v) is 4.37. The molecule has 1 amide bonds. The molecule has 1 atom stereocenters. The molecule has 3 rings (SSSR count). The van der Waals surface area contributed by atoms with Crippen molar-refractivity contribution >= 4 is 24.0 Å². The van der Waals surface area contributed by atoms with Crippen LogP contribution in [0.2, 0.25) is 0 Å². The first kappa shape index (κ1) is 25.1. The number of nitrogens with zero attached hydrogens (tertiary/aromatic N) is 2. The summed E-state index contributed by atoms with van der Waals surface area (Å²) in [4.78, 5) is 20.4. The molecule has 7 nitrogen and oxygen atoms in total. The van der Waals surface area contributed by atoms with Crippen molar-refractivity contribution < 1.29 is 27.8 Å². The lowest BCUT2D eigenvalue weighted by Crippen LogP contribution is -2.25. The highest BCUT2D eigenvalue weighted by molar-refractivity contribution is 6.03. The highest BCUT2D eigenvalue weighted by Crippen LogP contribution is 2.28. The first-order valence-electron chi connectivity index (χ1n) is 9.24. The van der Waals surface area contributed by atoms with Gasteiger partial charge < -0.3 is 20.9 Å². The number of carbonyl (C=O) groups is 1. The molecule has 1 unspecified atom stereocenters. The van der Waals surface area contributed by atoms with E-state index in [1.54, 1.807) is 0 Å². The standard InChI is InChI=1S/C21H19F3N4O3.ClH/c22-13-2-1-3-14(23)19(13)20-15(24)4-5-16(27-20)21(30)28-17-9-26-7-6-18(17)31-11-12(8-25)10-29;/h1-7,9,12,29H,8,10-11,25H2,(H,28,30);1H. The van der Waals surface area contributed by atoms with Crippen molar-refractivity contribution in [2.75, 3.05) is 25.1 Å². The van der Waals surface area contributed by atoms with Crippen molar-refractivity contribution in [2.24, 2.45) is 11.7 Å². The number of anilines is 1. The maximum atomic E-state index is 14.2. The predicted octanol–water partition coefficient (Wildman–Crippen LogP) is 3.18. The molecular weight excluding hydrogens is 449 g/mol. The zero-order chi connectivity index (χ0) is 22.4. The summed E-state index contributed by atoms with van der Waals surface area (Å²) in [6.45, 7) is 0.141. The topological polar surface area (TPSA) is 110 Å². The van der Waals surface area contributed by atoms with E-state index in [0.717, 1.165) is 30.3 Å². The molecule has 0 aliphatic rings. The average molecular weight is 469 g/mol. The van der Waals surface area contributed by atoms with Crippen molar-refractivity contribution in [3.8, 4) is 17.0 Å². The number of benzene rings is 1. The minimum Gasteiger partial charge on any atom is -0.491 e. The van der Waals surface area contributed by atoms with Gasteiger partial charge in [0.25, 0.3) is 5.91 Å². The van der Waals surface area contributed by atoms with Gasteiger partial charge in [-0.2, -0.15) is 0 Å². The number of nitrogens with two attached hydrogens (primary N) is 1. The van der Waals surface area contributed by atoms with Crippen molar-refractivity contribution in [2.45, 2.75) is 0 Å². The SMILES string of the molecule is Cl.NCC(CO)COc1ccncc1NC(=O)c1ccc(F)c(-c2c(F)cccc2F)n1. The molecule has 0 saturated carbocycles. The Kier molecular flexibility index (Phi) is 8.94. The molecule has 0 saturated heterocycles. The highest BCUT2D eigenvalue weighted by Gasteiger charge is 2.20. The molecule has 0 bridgehead atoms. The molecule has 170 valence electrons. The third kappa shape index (κ3) is 5.72. The molecule has 1 aromatic carbocycles. The van der Waals surface area contributed by atoms with Gasteiger partial charge >= 0.3 is 0 Å². The summed E-state index contributed by atoms with van der Waals surface area (Å²) in [7, 11) is 0. The van der Waals surface area contributed by atoms with Gasteiger partial charge in [0, 0.05) is 24.7 Å². The van der Waals surface area contributed by atoms with Gasteiger partial charge in [-0.15, -0.1) is 12.4 Å². The summed E-state index contributed by atoms with van der Waals surface area (Å²) in [6.07, 6.45) is 2.77. The Bertz CT molecular complexity index is 1060. The predicted molar refractivity (Wildman–Crippen MR) is 114 cm³/mol. The Morgan fingerprint density at radius 2 is 1.84 bits per heavy atom. The lowest BCUT2D eigenvalue weighted by atomic mass is 10.1. The maximum absolute atomic E-state index is 14.2. The fraction of sp³-hybridized carbons (Fsp3) is 0.190. The van der Waals surface area contributed by atoms with E-state index in [4.69, 9.17) is 10.5 Å². The Balaban J connectivity index is 0.00000363. The Labute approximate surface area is 187 Å². The number of rotatable bonds is 8. The van der Waals surface area contributed by atoms with Gasteiger partial charge in [-0.05, 0) is 24.3 Å². The molecule has 11 heteroatoms. The Morgan fingerprint density at radius 3 is 2.50 bits per heavy atom.